The van der Waals surface area contributed by atoms with Gasteiger partial charge in [-0.05, 0) is 36.2 Å². The van der Waals surface area contributed by atoms with E-state index in [1.54, 1.807) is 13.0 Å². The summed E-state index contributed by atoms with van der Waals surface area (Å²) in [6.07, 6.45) is 1.08. The van der Waals surface area contributed by atoms with Crippen molar-refractivity contribution in [2.24, 2.45) is 0 Å². The van der Waals surface area contributed by atoms with Crippen molar-refractivity contribution >= 4 is 27.5 Å². The van der Waals surface area contributed by atoms with E-state index in [0.29, 0.717) is 28.5 Å². The van der Waals surface area contributed by atoms with Gasteiger partial charge in [-0.3, -0.25) is 9.69 Å². The van der Waals surface area contributed by atoms with Crippen LogP contribution in [0.15, 0.2) is 42.5 Å². The monoisotopic (exact) mass is 397 g/mol. The lowest BCUT2D eigenvalue weighted by molar-refractivity contribution is -0.131. The van der Waals surface area contributed by atoms with E-state index in [-0.39, 0.29) is 11.7 Å². The maximum atomic E-state index is 13.8. The summed E-state index contributed by atoms with van der Waals surface area (Å²) < 4.78 is 20.4. The standard InChI is InChI=1S/C21H20FN3O2S/c1-13(26)25-12-15-9-16(25)11-24(15)10-14-5-7-17(8-6-14)27-21-23-20-18(22)3-2-4-19(20)28-21/h2-8,15-16H,9-12H2,1H3/t15-,16+/m1/s1. The van der Waals surface area contributed by atoms with Crippen LogP contribution in [-0.4, -0.2) is 45.9 Å². The number of carbonyl (C=O) groups excluding carboxylic acids is 1. The second-order valence-corrected chi connectivity index (χ2v) is 8.45. The summed E-state index contributed by atoms with van der Waals surface area (Å²) in [5.74, 6) is 0.541. The van der Waals surface area contributed by atoms with Crippen LogP contribution in [0.4, 0.5) is 4.39 Å². The number of hydrogen-bond acceptors (Lipinski definition) is 5. The predicted octanol–water partition coefficient (Wildman–Crippen LogP) is 4.03. The minimum atomic E-state index is -0.331. The van der Waals surface area contributed by atoms with Crippen molar-refractivity contribution in [2.45, 2.75) is 32.0 Å². The average molecular weight is 397 g/mol. The number of amides is 1. The Hall–Kier alpha value is -2.51. The molecule has 2 aliphatic rings. The molecule has 1 aromatic heterocycles. The molecule has 2 atom stereocenters. The summed E-state index contributed by atoms with van der Waals surface area (Å²) in [4.78, 5) is 20.3. The van der Waals surface area contributed by atoms with Crippen molar-refractivity contribution in [3.05, 3.63) is 53.8 Å². The number of para-hydroxylation sites is 1. The summed E-state index contributed by atoms with van der Waals surface area (Å²) in [5, 5.41) is 0.439. The fourth-order valence-electron chi connectivity index (χ4n) is 4.27. The maximum absolute atomic E-state index is 13.8. The molecule has 5 rings (SSSR count). The summed E-state index contributed by atoms with van der Waals surface area (Å²) in [6, 6.07) is 13.7. The third kappa shape index (κ3) is 3.14. The molecule has 2 aliphatic heterocycles. The van der Waals surface area contributed by atoms with E-state index in [0.717, 1.165) is 30.8 Å². The normalized spacial score (nSPS) is 21.6. The van der Waals surface area contributed by atoms with Crippen LogP contribution in [0.25, 0.3) is 10.2 Å². The van der Waals surface area contributed by atoms with Gasteiger partial charge in [0, 0.05) is 38.6 Å². The summed E-state index contributed by atoms with van der Waals surface area (Å²) in [5.41, 5.74) is 1.56. The molecule has 3 aromatic rings. The molecular weight excluding hydrogens is 377 g/mol. The van der Waals surface area contributed by atoms with Gasteiger partial charge in [0.15, 0.2) is 0 Å². The van der Waals surface area contributed by atoms with E-state index in [4.69, 9.17) is 4.74 Å². The largest absolute Gasteiger partial charge is 0.431 e. The van der Waals surface area contributed by atoms with E-state index in [1.807, 2.05) is 23.1 Å². The number of carbonyl (C=O) groups is 1. The number of rotatable bonds is 4. The number of benzene rings is 2. The molecule has 0 spiro atoms. The van der Waals surface area contributed by atoms with E-state index in [9.17, 15) is 9.18 Å². The molecule has 0 N–H and O–H groups in total. The number of halogens is 1. The Balaban J connectivity index is 1.24. The van der Waals surface area contributed by atoms with Gasteiger partial charge in [0.1, 0.15) is 17.1 Å². The molecule has 7 heteroatoms. The lowest BCUT2D eigenvalue weighted by Crippen LogP contribution is -2.47. The molecule has 144 valence electrons. The third-order valence-corrected chi connectivity index (χ3v) is 6.52. The van der Waals surface area contributed by atoms with Crippen LogP contribution >= 0.6 is 11.3 Å². The zero-order valence-electron chi connectivity index (χ0n) is 15.5. The van der Waals surface area contributed by atoms with Gasteiger partial charge in [-0.2, -0.15) is 4.98 Å². The van der Waals surface area contributed by atoms with Crippen molar-refractivity contribution < 1.29 is 13.9 Å². The average Bonchev–Trinajstić information content (AvgIpc) is 3.37. The van der Waals surface area contributed by atoms with Crippen LogP contribution in [0.1, 0.15) is 18.9 Å². The molecule has 2 bridgehead atoms. The Bertz CT molecular complexity index is 1040. The minimum Gasteiger partial charge on any atom is -0.431 e. The molecule has 2 aromatic carbocycles. The quantitative estimate of drug-likeness (QED) is 0.667. The van der Waals surface area contributed by atoms with Crippen LogP contribution in [0.3, 0.4) is 0 Å². The van der Waals surface area contributed by atoms with Crippen molar-refractivity contribution in [1.29, 1.82) is 0 Å². The number of hydrogen-bond donors (Lipinski definition) is 0. The van der Waals surface area contributed by atoms with Gasteiger partial charge in [-0.25, -0.2) is 4.39 Å². The number of fused-ring (bicyclic) bond motifs is 3. The molecule has 5 nitrogen and oxygen atoms in total. The topological polar surface area (TPSA) is 45.7 Å². The Morgan fingerprint density at radius 3 is 2.71 bits per heavy atom. The molecule has 3 heterocycles. The predicted molar refractivity (Wildman–Crippen MR) is 106 cm³/mol. The molecular formula is C21H20FN3O2S. The summed E-state index contributed by atoms with van der Waals surface area (Å²) in [6.45, 7) is 4.32. The maximum Gasteiger partial charge on any atom is 0.279 e. The van der Waals surface area contributed by atoms with Crippen LogP contribution < -0.4 is 4.74 Å². The van der Waals surface area contributed by atoms with Gasteiger partial charge < -0.3 is 9.64 Å². The smallest absolute Gasteiger partial charge is 0.279 e. The molecule has 0 aliphatic carbocycles. The highest BCUT2D eigenvalue weighted by molar-refractivity contribution is 7.20. The van der Waals surface area contributed by atoms with Crippen molar-refractivity contribution in [1.82, 2.24) is 14.8 Å². The lowest BCUT2D eigenvalue weighted by Gasteiger charge is -2.33. The van der Waals surface area contributed by atoms with Gasteiger partial charge in [0.2, 0.25) is 5.91 Å². The van der Waals surface area contributed by atoms with E-state index >= 15 is 0 Å². The Kier molecular flexibility index (Phi) is 4.29. The fourth-order valence-corrected chi connectivity index (χ4v) is 5.11. The minimum absolute atomic E-state index is 0.184. The molecule has 28 heavy (non-hydrogen) atoms. The molecule has 1 amide bonds. The van der Waals surface area contributed by atoms with Crippen LogP contribution in [0, 0.1) is 5.82 Å². The molecule has 0 saturated carbocycles. The van der Waals surface area contributed by atoms with Gasteiger partial charge in [0.05, 0.1) is 4.70 Å². The van der Waals surface area contributed by atoms with Crippen LogP contribution in [0.2, 0.25) is 0 Å². The molecule has 0 radical (unpaired) electrons. The van der Waals surface area contributed by atoms with Crippen molar-refractivity contribution in [2.75, 3.05) is 13.1 Å². The highest BCUT2D eigenvalue weighted by Crippen LogP contribution is 2.34. The number of aromatic nitrogens is 1. The summed E-state index contributed by atoms with van der Waals surface area (Å²) in [7, 11) is 0. The Labute approximate surface area is 166 Å². The number of piperazine rings is 1. The van der Waals surface area contributed by atoms with Crippen LogP contribution in [0.5, 0.6) is 10.9 Å². The molecule has 2 saturated heterocycles. The first-order chi connectivity index (χ1) is 13.6. The highest BCUT2D eigenvalue weighted by atomic mass is 32.1. The SMILES string of the molecule is CC(=O)N1C[C@H]2C[C@H]1CN2Cc1ccc(Oc2nc3c(F)cccc3s2)cc1. The number of thiazole rings is 1. The highest BCUT2D eigenvalue weighted by Gasteiger charge is 2.43. The number of ether oxygens (including phenoxy) is 1. The van der Waals surface area contributed by atoms with Crippen molar-refractivity contribution in [3.63, 3.8) is 0 Å². The van der Waals surface area contributed by atoms with E-state index in [2.05, 4.69) is 22.0 Å². The first kappa shape index (κ1) is 17.6. The van der Waals surface area contributed by atoms with E-state index in [1.165, 1.54) is 23.0 Å². The zero-order valence-corrected chi connectivity index (χ0v) is 16.3. The van der Waals surface area contributed by atoms with Crippen LogP contribution in [-0.2, 0) is 11.3 Å². The second-order valence-electron chi connectivity index (χ2n) is 7.46. The van der Waals surface area contributed by atoms with Gasteiger partial charge in [-0.1, -0.05) is 29.5 Å². The first-order valence-electron chi connectivity index (χ1n) is 9.40. The van der Waals surface area contributed by atoms with Gasteiger partial charge in [-0.15, -0.1) is 0 Å². The number of nitrogens with zero attached hydrogens (tertiary/aromatic N) is 3. The third-order valence-electron chi connectivity index (χ3n) is 5.62. The molecule has 0 unspecified atom stereocenters. The van der Waals surface area contributed by atoms with Gasteiger partial charge in [0.25, 0.3) is 5.19 Å². The van der Waals surface area contributed by atoms with Gasteiger partial charge >= 0.3 is 0 Å². The Morgan fingerprint density at radius 2 is 2.04 bits per heavy atom. The first-order valence-corrected chi connectivity index (χ1v) is 10.2. The molecule has 2 fully saturated rings. The second kappa shape index (κ2) is 6.83. The number of likely N-dealkylation sites (tertiary alicyclic amines) is 2. The fraction of sp³-hybridized carbons (Fsp3) is 0.333. The zero-order chi connectivity index (χ0) is 19.3. The Morgan fingerprint density at radius 1 is 1.21 bits per heavy atom. The van der Waals surface area contributed by atoms with E-state index < -0.39 is 0 Å². The lowest BCUT2D eigenvalue weighted by atomic mass is 10.2. The summed E-state index contributed by atoms with van der Waals surface area (Å²) >= 11 is 1.33. The van der Waals surface area contributed by atoms with Crippen molar-refractivity contribution in [3.8, 4) is 10.9 Å².